The van der Waals surface area contributed by atoms with Gasteiger partial charge in [0, 0.05) is 36.3 Å². The molecule has 33 heavy (non-hydrogen) atoms. The summed E-state index contributed by atoms with van der Waals surface area (Å²) < 4.78 is 0. The molecule has 1 amide bonds. The average Bonchev–Trinajstić information content (AvgIpc) is 3.08. The lowest BCUT2D eigenvalue weighted by molar-refractivity contribution is -0.137. The van der Waals surface area contributed by atoms with Gasteiger partial charge in [0.2, 0.25) is 0 Å². The van der Waals surface area contributed by atoms with E-state index in [1.54, 1.807) is 30.6 Å². The van der Waals surface area contributed by atoms with E-state index in [9.17, 15) is 15.0 Å². The topological polar surface area (TPSA) is 125 Å². The Morgan fingerprint density at radius 2 is 1.88 bits per heavy atom. The normalized spacial score (nSPS) is 18.8. The van der Waals surface area contributed by atoms with Crippen LogP contribution in [0, 0.1) is 0 Å². The fourth-order valence-electron chi connectivity index (χ4n) is 3.89. The molecule has 1 aliphatic rings. The fourth-order valence-corrected chi connectivity index (χ4v) is 4.01. The summed E-state index contributed by atoms with van der Waals surface area (Å²) in [5.41, 5.74) is 5.95. The number of anilines is 1. The molecule has 5 N–H and O–H groups in total. The van der Waals surface area contributed by atoms with Gasteiger partial charge in [-0.25, -0.2) is 9.97 Å². The summed E-state index contributed by atoms with van der Waals surface area (Å²) in [7, 11) is 0. The predicted molar refractivity (Wildman–Crippen MR) is 131 cm³/mol. The van der Waals surface area contributed by atoms with Crippen LogP contribution in [0.3, 0.4) is 0 Å². The number of benzene rings is 1. The molecular weight excluding hydrogens is 442 g/mol. The van der Waals surface area contributed by atoms with Crippen LogP contribution < -0.4 is 16.0 Å². The Morgan fingerprint density at radius 3 is 2.39 bits per heavy atom. The van der Waals surface area contributed by atoms with E-state index in [2.05, 4.69) is 41.0 Å². The minimum Gasteiger partial charge on any atom is -0.387 e. The third kappa shape index (κ3) is 6.41. The molecule has 0 saturated carbocycles. The number of aliphatic hydroxyl groups is 2. The number of rotatable bonds is 8. The lowest BCUT2D eigenvalue weighted by Crippen LogP contribution is -2.50. The maximum absolute atomic E-state index is 11.4. The van der Waals surface area contributed by atoms with E-state index in [-0.39, 0.29) is 12.6 Å². The molecule has 1 aromatic carbocycles. The van der Waals surface area contributed by atoms with Crippen LogP contribution in [0.5, 0.6) is 0 Å². The summed E-state index contributed by atoms with van der Waals surface area (Å²) in [5, 5.41) is 23.8. The zero-order valence-corrected chi connectivity index (χ0v) is 20.8. The quantitative estimate of drug-likeness (QED) is 0.460. The van der Waals surface area contributed by atoms with Crippen LogP contribution >= 0.6 is 11.6 Å². The fraction of sp³-hybridized carbons (Fsp3) is 0.542. The van der Waals surface area contributed by atoms with Gasteiger partial charge in [-0.3, -0.25) is 4.79 Å². The molecule has 0 bridgehead atoms. The van der Waals surface area contributed by atoms with Crippen LogP contribution in [0.4, 0.5) is 5.82 Å². The number of primary amides is 1. The smallest absolute Gasteiger partial charge is 0.255 e. The number of nitrogens with zero attached hydrogens (tertiary/aromatic N) is 3. The summed E-state index contributed by atoms with van der Waals surface area (Å²) >= 11 is 5.76. The SMILES string of the molecule is CC(C)NCC(O)(C(N)=O)c1ccc(Cl)cc1.CCN(CC)c1ncnc2c1[C@H](C)C[C@H]2O. The third-order valence-corrected chi connectivity index (χ3v) is 6.09. The van der Waals surface area contributed by atoms with E-state index in [1.165, 1.54) is 0 Å². The zero-order chi connectivity index (χ0) is 24.8. The maximum Gasteiger partial charge on any atom is 0.255 e. The van der Waals surface area contributed by atoms with Crippen LogP contribution in [0.15, 0.2) is 30.6 Å². The van der Waals surface area contributed by atoms with Crippen molar-refractivity contribution in [3.05, 3.63) is 52.4 Å². The molecule has 0 aliphatic heterocycles. The molecule has 1 aromatic heterocycles. The number of aliphatic hydroxyl groups excluding tert-OH is 1. The molecule has 2 aromatic rings. The van der Waals surface area contributed by atoms with Crippen molar-refractivity contribution in [1.29, 1.82) is 0 Å². The van der Waals surface area contributed by atoms with E-state index in [0.29, 0.717) is 16.5 Å². The first-order valence-corrected chi connectivity index (χ1v) is 11.7. The van der Waals surface area contributed by atoms with Gasteiger partial charge in [0.25, 0.3) is 5.91 Å². The highest BCUT2D eigenvalue weighted by Gasteiger charge is 2.36. The van der Waals surface area contributed by atoms with Gasteiger partial charge in [-0.05, 0) is 43.9 Å². The van der Waals surface area contributed by atoms with Crippen LogP contribution in [0.1, 0.15) is 69.9 Å². The molecule has 8 nitrogen and oxygen atoms in total. The number of hydrogen-bond acceptors (Lipinski definition) is 7. The first-order valence-electron chi connectivity index (χ1n) is 11.3. The maximum atomic E-state index is 11.4. The number of carbonyl (C=O) groups excluding carboxylic acids is 1. The Kier molecular flexibility index (Phi) is 9.60. The van der Waals surface area contributed by atoms with Gasteiger partial charge in [0.1, 0.15) is 12.1 Å². The largest absolute Gasteiger partial charge is 0.387 e. The van der Waals surface area contributed by atoms with Crippen LogP contribution in [-0.4, -0.2) is 51.8 Å². The molecule has 1 unspecified atom stereocenters. The van der Waals surface area contributed by atoms with E-state index in [1.807, 2.05) is 13.8 Å². The van der Waals surface area contributed by atoms with Gasteiger partial charge >= 0.3 is 0 Å². The Morgan fingerprint density at radius 1 is 1.27 bits per heavy atom. The van der Waals surface area contributed by atoms with Crippen molar-refractivity contribution in [2.24, 2.45) is 5.73 Å². The molecular formula is C24H36ClN5O3. The van der Waals surface area contributed by atoms with Crippen molar-refractivity contribution in [3.63, 3.8) is 0 Å². The van der Waals surface area contributed by atoms with Crippen molar-refractivity contribution < 1.29 is 15.0 Å². The predicted octanol–water partition coefficient (Wildman–Crippen LogP) is 2.87. The average molecular weight is 478 g/mol. The van der Waals surface area contributed by atoms with Crippen molar-refractivity contribution in [1.82, 2.24) is 15.3 Å². The van der Waals surface area contributed by atoms with Crippen LogP contribution in [-0.2, 0) is 10.4 Å². The third-order valence-electron chi connectivity index (χ3n) is 5.84. The minimum absolute atomic E-state index is 0.0711. The molecule has 9 heteroatoms. The van der Waals surface area contributed by atoms with E-state index in [4.69, 9.17) is 17.3 Å². The van der Waals surface area contributed by atoms with Crippen molar-refractivity contribution in [2.45, 2.75) is 64.7 Å². The number of amides is 1. The van der Waals surface area contributed by atoms with Crippen LogP contribution in [0.25, 0.3) is 0 Å². The monoisotopic (exact) mass is 477 g/mol. The second-order valence-electron chi connectivity index (χ2n) is 8.59. The minimum atomic E-state index is -1.71. The molecule has 3 atom stereocenters. The number of nitrogens with one attached hydrogen (secondary N) is 1. The van der Waals surface area contributed by atoms with Gasteiger partial charge in [0.15, 0.2) is 5.60 Å². The van der Waals surface area contributed by atoms with Gasteiger partial charge < -0.3 is 26.2 Å². The van der Waals surface area contributed by atoms with E-state index in [0.717, 1.165) is 36.6 Å². The highest BCUT2D eigenvalue weighted by molar-refractivity contribution is 6.30. The first-order chi connectivity index (χ1) is 15.5. The highest BCUT2D eigenvalue weighted by Crippen LogP contribution is 2.42. The first kappa shape index (κ1) is 27.0. The molecule has 1 heterocycles. The number of halogens is 1. The van der Waals surface area contributed by atoms with E-state index >= 15 is 0 Å². The van der Waals surface area contributed by atoms with Gasteiger partial charge in [-0.2, -0.15) is 0 Å². The lowest BCUT2D eigenvalue weighted by Gasteiger charge is -2.26. The lowest BCUT2D eigenvalue weighted by atomic mass is 9.93. The molecule has 3 rings (SSSR count). The van der Waals surface area contributed by atoms with Gasteiger partial charge in [0.05, 0.1) is 11.8 Å². The molecule has 0 fully saturated rings. The Labute approximate surface area is 201 Å². The Hall–Kier alpha value is -2.26. The Balaban J connectivity index is 0.000000234. The standard InChI is InChI=1S/C12H17ClN2O2.C12H19N3O/c1-8(2)15-7-12(17,11(14)16)9-3-5-10(13)6-4-9;1-4-15(5-2)12-10-8(3)6-9(16)11(10)13-7-14-12/h3-6,8,15,17H,7H2,1-2H3,(H2,14,16);7-9,16H,4-6H2,1-3H3/t;8-,9-/m.1/s1. The second kappa shape index (κ2) is 11.7. The molecule has 0 saturated heterocycles. The van der Waals surface area contributed by atoms with Gasteiger partial charge in [-0.1, -0.05) is 44.5 Å². The highest BCUT2D eigenvalue weighted by atomic mass is 35.5. The molecule has 1 aliphatic carbocycles. The van der Waals surface area contributed by atoms with Crippen molar-refractivity contribution in [3.8, 4) is 0 Å². The number of carbonyl (C=O) groups is 1. The van der Waals surface area contributed by atoms with Crippen LogP contribution in [0.2, 0.25) is 5.02 Å². The van der Waals surface area contributed by atoms with E-state index < -0.39 is 17.6 Å². The Bertz CT molecular complexity index is 921. The number of nitrogens with two attached hydrogens (primary N) is 1. The van der Waals surface area contributed by atoms with Gasteiger partial charge in [-0.15, -0.1) is 0 Å². The van der Waals surface area contributed by atoms with Crippen molar-refractivity contribution >= 4 is 23.3 Å². The summed E-state index contributed by atoms with van der Waals surface area (Å²) in [6, 6.07) is 6.55. The number of aromatic nitrogens is 2. The van der Waals surface area contributed by atoms with Crippen molar-refractivity contribution in [2.75, 3.05) is 24.5 Å². The molecule has 0 radical (unpaired) electrons. The summed E-state index contributed by atoms with van der Waals surface area (Å²) in [5.74, 6) is 0.564. The summed E-state index contributed by atoms with van der Waals surface area (Å²) in [6.07, 6.45) is 1.91. The number of hydrogen-bond donors (Lipinski definition) is 4. The zero-order valence-electron chi connectivity index (χ0n) is 20.0. The second-order valence-corrected chi connectivity index (χ2v) is 9.02. The summed E-state index contributed by atoms with van der Waals surface area (Å²) in [4.78, 5) is 22.2. The molecule has 182 valence electrons. The summed E-state index contributed by atoms with van der Waals surface area (Å²) in [6.45, 7) is 12.1. The number of fused-ring (bicyclic) bond motifs is 1. The molecule has 0 spiro atoms.